The standard InChI is InChI=1S/C15H27N3O3/c1-21-13-6-8-16-11-12(13)17-14(19)7-10-18-9-4-2-3-5-15(18)20/h12-13,16H,2-11H2,1H3,(H,17,19)/t12-,13+/m0/s1. The van der Waals surface area contributed by atoms with Crippen molar-refractivity contribution < 1.29 is 14.3 Å². The van der Waals surface area contributed by atoms with E-state index in [0.29, 0.717) is 19.4 Å². The number of amides is 2. The lowest BCUT2D eigenvalue weighted by Crippen LogP contribution is -2.54. The second-order valence-corrected chi connectivity index (χ2v) is 5.88. The van der Waals surface area contributed by atoms with Crippen LogP contribution in [0.1, 0.15) is 38.5 Å². The summed E-state index contributed by atoms with van der Waals surface area (Å²) in [6, 6.07) is 0.0242. The molecule has 0 aromatic heterocycles. The molecule has 2 aliphatic heterocycles. The van der Waals surface area contributed by atoms with Crippen molar-refractivity contribution in [1.29, 1.82) is 0 Å². The van der Waals surface area contributed by atoms with E-state index in [0.717, 1.165) is 45.3 Å². The third kappa shape index (κ3) is 4.97. The second-order valence-electron chi connectivity index (χ2n) is 5.88. The van der Waals surface area contributed by atoms with Gasteiger partial charge in [0.1, 0.15) is 0 Å². The van der Waals surface area contributed by atoms with Crippen molar-refractivity contribution in [2.45, 2.75) is 50.7 Å². The highest BCUT2D eigenvalue weighted by molar-refractivity contribution is 5.79. The number of carbonyl (C=O) groups is 2. The average Bonchev–Trinajstić information content (AvgIpc) is 2.70. The van der Waals surface area contributed by atoms with Gasteiger partial charge in [0.2, 0.25) is 11.8 Å². The van der Waals surface area contributed by atoms with Gasteiger partial charge in [-0.3, -0.25) is 9.59 Å². The van der Waals surface area contributed by atoms with Crippen molar-refractivity contribution in [2.75, 3.05) is 33.3 Å². The largest absolute Gasteiger partial charge is 0.379 e. The number of nitrogens with zero attached hydrogens (tertiary/aromatic N) is 1. The number of carbonyl (C=O) groups excluding carboxylic acids is 2. The summed E-state index contributed by atoms with van der Waals surface area (Å²) in [4.78, 5) is 25.8. The fourth-order valence-corrected chi connectivity index (χ4v) is 3.05. The fourth-order valence-electron chi connectivity index (χ4n) is 3.05. The van der Waals surface area contributed by atoms with E-state index in [-0.39, 0.29) is 24.0 Å². The van der Waals surface area contributed by atoms with E-state index >= 15 is 0 Å². The van der Waals surface area contributed by atoms with Crippen LogP contribution in [0.3, 0.4) is 0 Å². The van der Waals surface area contributed by atoms with Gasteiger partial charge in [-0.25, -0.2) is 0 Å². The first-order valence-electron chi connectivity index (χ1n) is 8.01. The first-order chi connectivity index (χ1) is 10.2. The van der Waals surface area contributed by atoms with Crippen molar-refractivity contribution in [2.24, 2.45) is 0 Å². The molecule has 21 heavy (non-hydrogen) atoms. The molecule has 0 saturated carbocycles. The molecule has 0 radical (unpaired) electrons. The highest BCUT2D eigenvalue weighted by atomic mass is 16.5. The van der Waals surface area contributed by atoms with Gasteiger partial charge in [0.05, 0.1) is 12.1 Å². The van der Waals surface area contributed by atoms with Crippen molar-refractivity contribution in [3.63, 3.8) is 0 Å². The number of hydrogen-bond acceptors (Lipinski definition) is 4. The van der Waals surface area contributed by atoms with Crippen LogP contribution in [0.4, 0.5) is 0 Å². The van der Waals surface area contributed by atoms with Gasteiger partial charge in [-0.1, -0.05) is 6.42 Å². The maximum absolute atomic E-state index is 12.1. The van der Waals surface area contributed by atoms with E-state index < -0.39 is 0 Å². The molecule has 0 aromatic carbocycles. The number of ether oxygens (including phenoxy) is 1. The average molecular weight is 297 g/mol. The molecule has 2 fully saturated rings. The number of piperidine rings is 1. The maximum Gasteiger partial charge on any atom is 0.222 e. The number of methoxy groups -OCH3 is 1. The Morgan fingerprint density at radius 3 is 3.10 bits per heavy atom. The Morgan fingerprint density at radius 2 is 2.29 bits per heavy atom. The maximum atomic E-state index is 12.1. The summed E-state index contributed by atoms with van der Waals surface area (Å²) in [6.07, 6.45) is 5.12. The molecule has 2 amide bonds. The quantitative estimate of drug-likeness (QED) is 0.764. The Balaban J connectivity index is 1.74. The minimum atomic E-state index is 0.00259. The van der Waals surface area contributed by atoms with Crippen molar-refractivity contribution in [3.8, 4) is 0 Å². The van der Waals surface area contributed by atoms with Gasteiger partial charge in [0.25, 0.3) is 0 Å². The smallest absolute Gasteiger partial charge is 0.222 e. The van der Waals surface area contributed by atoms with E-state index in [4.69, 9.17) is 4.74 Å². The van der Waals surface area contributed by atoms with Gasteiger partial charge in [0, 0.05) is 39.6 Å². The van der Waals surface area contributed by atoms with Gasteiger partial charge in [-0.15, -0.1) is 0 Å². The number of nitrogens with one attached hydrogen (secondary N) is 2. The Bertz CT molecular complexity index is 362. The topological polar surface area (TPSA) is 70.7 Å². The van der Waals surface area contributed by atoms with E-state index in [1.54, 1.807) is 7.11 Å². The van der Waals surface area contributed by atoms with Crippen LogP contribution < -0.4 is 10.6 Å². The fraction of sp³-hybridized carbons (Fsp3) is 0.867. The van der Waals surface area contributed by atoms with Crippen molar-refractivity contribution in [3.05, 3.63) is 0 Å². The SMILES string of the molecule is CO[C@@H]1CCNC[C@@H]1NC(=O)CCN1CCCCCC1=O. The van der Waals surface area contributed by atoms with Gasteiger partial charge in [-0.2, -0.15) is 0 Å². The minimum Gasteiger partial charge on any atom is -0.379 e. The molecule has 6 nitrogen and oxygen atoms in total. The Labute approximate surface area is 126 Å². The minimum absolute atomic E-state index is 0.00259. The van der Waals surface area contributed by atoms with Crippen LogP contribution in [0.5, 0.6) is 0 Å². The van der Waals surface area contributed by atoms with E-state index in [1.807, 2.05) is 4.90 Å². The molecule has 2 heterocycles. The van der Waals surface area contributed by atoms with Crippen LogP contribution in [-0.2, 0) is 14.3 Å². The van der Waals surface area contributed by atoms with Crippen LogP contribution in [0.2, 0.25) is 0 Å². The van der Waals surface area contributed by atoms with Crippen LogP contribution in [0.15, 0.2) is 0 Å². The molecule has 2 atom stereocenters. The summed E-state index contributed by atoms with van der Waals surface area (Å²) in [5.74, 6) is 0.192. The molecule has 0 aliphatic carbocycles. The molecule has 0 bridgehead atoms. The van der Waals surface area contributed by atoms with Gasteiger partial charge in [0.15, 0.2) is 0 Å². The van der Waals surface area contributed by atoms with Crippen molar-refractivity contribution >= 4 is 11.8 Å². The summed E-state index contributed by atoms with van der Waals surface area (Å²) in [7, 11) is 1.69. The lowest BCUT2D eigenvalue weighted by molar-refractivity contribution is -0.131. The molecule has 0 spiro atoms. The zero-order chi connectivity index (χ0) is 15.1. The molecule has 6 heteroatoms. The Kier molecular flexibility index (Phi) is 6.45. The lowest BCUT2D eigenvalue weighted by Gasteiger charge is -2.32. The first kappa shape index (κ1) is 16.2. The zero-order valence-electron chi connectivity index (χ0n) is 12.9. The predicted octanol–water partition coefficient (Wildman–Crippen LogP) is 0.272. The van der Waals surface area contributed by atoms with Crippen LogP contribution in [-0.4, -0.2) is 62.1 Å². The van der Waals surface area contributed by atoms with E-state index in [2.05, 4.69) is 10.6 Å². The molecule has 2 rings (SSSR count). The van der Waals surface area contributed by atoms with E-state index in [9.17, 15) is 9.59 Å². The summed E-state index contributed by atoms with van der Waals surface area (Å²) < 4.78 is 5.41. The van der Waals surface area contributed by atoms with Gasteiger partial charge >= 0.3 is 0 Å². The highest BCUT2D eigenvalue weighted by Crippen LogP contribution is 2.12. The number of hydrogen-bond donors (Lipinski definition) is 2. The van der Waals surface area contributed by atoms with E-state index in [1.165, 1.54) is 0 Å². The first-order valence-corrected chi connectivity index (χ1v) is 8.01. The predicted molar refractivity (Wildman–Crippen MR) is 79.9 cm³/mol. The summed E-state index contributed by atoms with van der Waals surface area (Å²) in [5, 5.41) is 6.29. The molecule has 2 N–H and O–H groups in total. The van der Waals surface area contributed by atoms with Crippen LogP contribution in [0, 0.1) is 0 Å². The molecule has 2 aliphatic rings. The molecule has 2 saturated heterocycles. The monoisotopic (exact) mass is 297 g/mol. The molecule has 120 valence electrons. The summed E-state index contributed by atoms with van der Waals surface area (Å²) in [6.45, 7) is 2.99. The normalized spacial score (nSPS) is 27.3. The molecule has 0 unspecified atom stereocenters. The van der Waals surface area contributed by atoms with Crippen LogP contribution in [0.25, 0.3) is 0 Å². The van der Waals surface area contributed by atoms with Gasteiger partial charge < -0.3 is 20.3 Å². The summed E-state index contributed by atoms with van der Waals surface area (Å²) >= 11 is 0. The highest BCUT2D eigenvalue weighted by Gasteiger charge is 2.26. The van der Waals surface area contributed by atoms with Gasteiger partial charge in [-0.05, 0) is 25.8 Å². The molecule has 0 aromatic rings. The lowest BCUT2D eigenvalue weighted by atomic mass is 10.0. The third-order valence-electron chi connectivity index (χ3n) is 4.35. The molecular formula is C15H27N3O3. The van der Waals surface area contributed by atoms with Crippen molar-refractivity contribution in [1.82, 2.24) is 15.5 Å². The Hall–Kier alpha value is -1.14. The van der Waals surface area contributed by atoms with Crippen LogP contribution >= 0.6 is 0 Å². The number of rotatable bonds is 5. The second kappa shape index (κ2) is 8.34. The Morgan fingerprint density at radius 1 is 1.43 bits per heavy atom. The summed E-state index contributed by atoms with van der Waals surface area (Å²) in [5.41, 5.74) is 0. The number of likely N-dealkylation sites (tertiary alicyclic amines) is 1. The molecular weight excluding hydrogens is 270 g/mol. The zero-order valence-corrected chi connectivity index (χ0v) is 12.9. The third-order valence-corrected chi connectivity index (χ3v) is 4.35.